The van der Waals surface area contributed by atoms with Crippen LogP contribution in [0.3, 0.4) is 0 Å². The molecule has 0 saturated heterocycles. The molecule has 10 nitrogen and oxygen atoms in total. The predicted octanol–water partition coefficient (Wildman–Crippen LogP) is 3.44. The molecule has 0 bridgehead atoms. The zero-order valence-corrected chi connectivity index (χ0v) is 23.6. The molecule has 3 aromatic rings. The molecule has 210 valence electrons. The Labute approximate surface area is 229 Å². The summed E-state index contributed by atoms with van der Waals surface area (Å²) in [6.45, 7) is 5.09. The maximum Gasteiger partial charge on any atom is 0.325 e. The van der Waals surface area contributed by atoms with Gasteiger partial charge >= 0.3 is 5.97 Å². The molecule has 1 amide bonds. The van der Waals surface area contributed by atoms with Gasteiger partial charge in [-0.25, -0.2) is 13.5 Å². The first-order chi connectivity index (χ1) is 18.3. The average molecular weight is 558 g/mol. The molecular weight excluding hydrogens is 522 g/mol. The Balaban J connectivity index is 1.84. The van der Waals surface area contributed by atoms with Crippen LogP contribution in [-0.4, -0.2) is 57.8 Å². The number of anilines is 1. The highest BCUT2D eigenvalue weighted by Gasteiger charge is 2.34. The fourth-order valence-corrected chi connectivity index (χ4v) is 5.15. The van der Waals surface area contributed by atoms with Crippen molar-refractivity contribution in [3.05, 3.63) is 66.2 Å². The average Bonchev–Trinajstić information content (AvgIpc) is 2.86. The second kappa shape index (κ2) is 12.5. The predicted molar refractivity (Wildman–Crippen MR) is 148 cm³/mol. The summed E-state index contributed by atoms with van der Waals surface area (Å²) in [6.07, 6.45) is -0.00775. The van der Waals surface area contributed by atoms with Crippen LogP contribution >= 0.6 is 0 Å². The minimum Gasteiger partial charge on any atom is -0.492 e. The van der Waals surface area contributed by atoms with Gasteiger partial charge in [0, 0.05) is 25.2 Å². The fraction of sp³-hybridized carbons (Fsp3) is 0.357. The zero-order valence-electron chi connectivity index (χ0n) is 22.8. The Morgan fingerprint density at radius 3 is 2.44 bits per heavy atom. The highest BCUT2D eigenvalue weighted by molar-refractivity contribution is 7.89. The van der Waals surface area contributed by atoms with Crippen LogP contribution in [-0.2, 0) is 35.6 Å². The van der Waals surface area contributed by atoms with Crippen LogP contribution in [0.15, 0.2) is 65.6 Å². The summed E-state index contributed by atoms with van der Waals surface area (Å²) in [6, 6.07) is 16.5. The summed E-state index contributed by atoms with van der Waals surface area (Å²) < 4.78 is 40.5. The number of benzene rings is 3. The summed E-state index contributed by atoms with van der Waals surface area (Å²) in [5, 5.41) is 3.07. The molecule has 0 radical (unpaired) electrons. The van der Waals surface area contributed by atoms with Gasteiger partial charge in [-0.2, -0.15) is 4.72 Å². The van der Waals surface area contributed by atoms with Gasteiger partial charge in [-0.15, -0.1) is 0 Å². The molecular formula is C28H35N3O7S. The third-order valence-electron chi connectivity index (χ3n) is 5.76. The van der Waals surface area contributed by atoms with Crippen LogP contribution < -0.4 is 15.2 Å². The lowest BCUT2D eigenvalue weighted by Crippen LogP contribution is -2.46. The quantitative estimate of drug-likeness (QED) is 0.208. The van der Waals surface area contributed by atoms with Gasteiger partial charge in [-0.1, -0.05) is 42.5 Å². The number of rotatable bonds is 11. The summed E-state index contributed by atoms with van der Waals surface area (Å²) in [5.41, 5.74) is 6.37. The topological polar surface area (TPSA) is 137 Å². The molecule has 0 aliphatic rings. The van der Waals surface area contributed by atoms with Crippen molar-refractivity contribution in [1.82, 2.24) is 9.79 Å². The van der Waals surface area contributed by atoms with Crippen LogP contribution in [0.2, 0.25) is 0 Å². The molecule has 1 unspecified atom stereocenters. The van der Waals surface area contributed by atoms with Crippen LogP contribution in [0.1, 0.15) is 32.8 Å². The maximum absolute atomic E-state index is 13.5. The van der Waals surface area contributed by atoms with E-state index in [0.29, 0.717) is 12.1 Å². The second-order valence-electron chi connectivity index (χ2n) is 9.93. The van der Waals surface area contributed by atoms with Crippen LogP contribution in [0.25, 0.3) is 10.8 Å². The lowest BCUT2D eigenvalue weighted by atomic mass is 10.0. The number of nitrogens with zero attached hydrogens (tertiary/aromatic N) is 1. The number of hydrogen-bond acceptors (Lipinski definition) is 8. The van der Waals surface area contributed by atoms with Crippen molar-refractivity contribution >= 4 is 38.4 Å². The molecule has 0 aliphatic carbocycles. The molecule has 0 saturated carbocycles. The lowest BCUT2D eigenvalue weighted by molar-refractivity contribution is -0.172. The Hall–Kier alpha value is -3.67. The molecule has 0 heterocycles. The molecule has 11 heteroatoms. The number of esters is 1. The van der Waals surface area contributed by atoms with E-state index in [4.69, 9.17) is 20.0 Å². The standard InChI is InChI=1S/C28H35N3O7S/c1-28(2,3)38-27(33)23(18-26(32)31(4)36-5)30-39(34,35)25-14-13-21(29)17-24(25)37-16-15-20-11-8-10-19-9-6-7-12-22(19)20/h6-14,17,23,30H,15-16,18,29H2,1-5H3. The molecule has 3 N–H and O–H groups in total. The Morgan fingerprint density at radius 2 is 1.74 bits per heavy atom. The summed E-state index contributed by atoms with van der Waals surface area (Å²) in [5.74, 6) is -1.51. The molecule has 0 fully saturated rings. The molecule has 1 atom stereocenters. The molecule has 3 aromatic carbocycles. The summed E-state index contributed by atoms with van der Waals surface area (Å²) >= 11 is 0. The van der Waals surface area contributed by atoms with Gasteiger partial charge in [-0.3, -0.25) is 14.4 Å². The van der Waals surface area contributed by atoms with Gasteiger partial charge in [0.05, 0.1) is 20.1 Å². The van der Waals surface area contributed by atoms with Crippen molar-refractivity contribution < 1.29 is 32.3 Å². The first kappa shape index (κ1) is 29.9. The van der Waals surface area contributed by atoms with E-state index in [1.807, 2.05) is 42.5 Å². The van der Waals surface area contributed by atoms with E-state index in [-0.39, 0.29) is 17.3 Å². The van der Waals surface area contributed by atoms with Gasteiger partial charge in [0.2, 0.25) is 15.9 Å². The molecule has 0 spiro atoms. The number of amides is 1. The fourth-order valence-electron chi connectivity index (χ4n) is 3.84. The molecule has 39 heavy (non-hydrogen) atoms. The molecule has 0 aromatic heterocycles. The SMILES string of the molecule is CON(C)C(=O)CC(NS(=O)(=O)c1ccc(N)cc1OCCc1cccc2ccccc12)C(=O)OC(C)(C)C. The smallest absolute Gasteiger partial charge is 0.325 e. The van der Waals surface area contributed by atoms with Gasteiger partial charge in [0.15, 0.2) is 0 Å². The second-order valence-corrected chi connectivity index (χ2v) is 11.6. The number of nitrogens with one attached hydrogen (secondary N) is 1. The number of hydroxylamine groups is 2. The number of ether oxygens (including phenoxy) is 2. The molecule has 0 aliphatic heterocycles. The van der Waals surface area contributed by atoms with Crippen molar-refractivity contribution in [1.29, 1.82) is 0 Å². The third kappa shape index (κ3) is 8.16. The number of carbonyl (C=O) groups excluding carboxylic acids is 2. The van der Waals surface area contributed by atoms with E-state index >= 15 is 0 Å². The van der Waals surface area contributed by atoms with Crippen LogP contribution in [0.4, 0.5) is 5.69 Å². The third-order valence-corrected chi connectivity index (χ3v) is 7.27. The first-order valence-corrected chi connectivity index (χ1v) is 13.8. The number of fused-ring (bicyclic) bond motifs is 1. The monoisotopic (exact) mass is 557 g/mol. The Kier molecular flexibility index (Phi) is 9.54. The van der Waals surface area contributed by atoms with E-state index in [1.54, 1.807) is 20.8 Å². The highest BCUT2D eigenvalue weighted by atomic mass is 32.2. The van der Waals surface area contributed by atoms with E-state index in [1.165, 1.54) is 32.4 Å². The van der Waals surface area contributed by atoms with Gasteiger partial charge < -0.3 is 15.2 Å². The lowest BCUT2D eigenvalue weighted by Gasteiger charge is -2.25. The number of nitrogens with two attached hydrogens (primary N) is 1. The van der Waals surface area contributed by atoms with Crippen molar-refractivity contribution in [2.75, 3.05) is 26.5 Å². The Bertz CT molecular complexity index is 1430. The van der Waals surface area contributed by atoms with Crippen LogP contribution in [0.5, 0.6) is 5.75 Å². The number of carbonyl (C=O) groups is 2. The van der Waals surface area contributed by atoms with Gasteiger partial charge in [-0.05, 0) is 49.2 Å². The zero-order chi connectivity index (χ0) is 28.8. The van der Waals surface area contributed by atoms with E-state index in [9.17, 15) is 18.0 Å². The van der Waals surface area contributed by atoms with Gasteiger partial charge in [0.1, 0.15) is 22.3 Å². The van der Waals surface area contributed by atoms with Crippen molar-refractivity contribution in [3.63, 3.8) is 0 Å². The van der Waals surface area contributed by atoms with Crippen molar-refractivity contribution in [2.24, 2.45) is 0 Å². The van der Waals surface area contributed by atoms with E-state index < -0.39 is 40.0 Å². The van der Waals surface area contributed by atoms with Crippen molar-refractivity contribution in [2.45, 2.75) is 50.2 Å². The van der Waals surface area contributed by atoms with Crippen molar-refractivity contribution in [3.8, 4) is 5.75 Å². The van der Waals surface area contributed by atoms with E-state index in [2.05, 4.69) is 4.72 Å². The largest absolute Gasteiger partial charge is 0.492 e. The van der Waals surface area contributed by atoms with Crippen LogP contribution in [0, 0.1) is 0 Å². The first-order valence-electron chi connectivity index (χ1n) is 12.4. The normalized spacial score (nSPS) is 12.6. The maximum atomic E-state index is 13.5. The minimum absolute atomic E-state index is 0.0195. The summed E-state index contributed by atoms with van der Waals surface area (Å²) in [4.78, 5) is 30.0. The van der Waals surface area contributed by atoms with Gasteiger partial charge in [0.25, 0.3) is 0 Å². The van der Waals surface area contributed by atoms with E-state index in [0.717, 1.165) is 21.4 Å². The number of sulfonamides is 1. The molecule has 3 rings (SSSR count). The Morgan fingerprint density at radius 1 is 1.05 bits per heavy atom. The number of hydrogen-bond donors (Lipinski definition) is 2. The minimum atomic E-state index is -4.36. The number of nitrogen functional groups attached to an aromatic ring is 1. The highest BCUT2D eigenvalue weighted by Crippen LogP contribution is 2.28. The summed E-state index contributed by atoms with van der Waals surface area (Å²) in [7, 11) is -1.73.